The van der Waals surface area contributed by atoms with Gasteiger partial charge in [0.1, 0.15) is 12.3 Å². The zero-order valence-corrected chi connectivity index (χ0v) is 13.6. The van der Waals surface area contributed by atoms with E-state index in [1.54, 1.807) is 0 Å². The van der Waals surface area contributed by atoms with Crippen molar-refractivity contribution in [1.82, 2.24) is 4.90 Å². The number of rotatable bonds is 4. The van der Waals surface area contributed by atoms with Gasteiger partial charge in [0.2, 0.25) is 0 Å². The van der Waals surface area contributed by atoms with Crippen molar-refractivity contribution in [2.24, 2.45) is 23.2 Å². The van der Waals surface area contributed by atoms with Crippen molar-refractivity contribution in [2.45, 2.75) is 90.6 Å². The molecule has 1 aliphatic heterocycles. The zero-order chi connectivity index (χ0) is 14.1. The monoisotopic (exact) mass is 277 g/mol. The maximum absolute atomic E-state index is 6.31. The van der Waals surface area contributed by atoms with E-state index >= 15 is 0 Å². The fourth-order valence-electron chi connectivity index (χ4n) is 6.49. The standard InChI is InChI=1S/C18H31NO/c1-11(2)19(12(3)4)17-16(20-17)18-8-13-5-14(9-18)7-15(6-13)10-18/h11-17H,5-10H2,1-4H3. The normalized spacial score (nSPS) is 49.6. The second-order valence-electron chi connectivity index (χ2n) is 8.86. The van der Waals surface area contributed by atoms with Gasteiger partial charge in [-0.3, -0.25) is 4.90 Å². The lowest BCUT2D eigenvalue weighted by atomic mass is 9.48. The van der Waals surface area contributed by atoms with Crippen LogP contribution in [0.2, 0.25) is 0 Å². The van der Waals surface area contributed by atoms with Gasteiger partial charge in [-0.1, -0.05) is 0 Å². The van der Waals surface area contributed by atoms with E-state index in [9.17, 15) is 0 Å². The van der Waals surface area contributed by atoms with Gasteiger partial charge in [-0.2, -0.15) is 0 Å². The first kappa shape index (κ1) is 13.6. The summed E-state index contributed by atoms with van der Waals surface area (Å²) in [4.78, 5) is 2.60. The van der Waals surface area contributed by atoms with Crippen LogP contribution >= 0.6 is 0 Å². The average Bonchev–Trinajstić information content (AvgIpc) is 3.06. The van der Waals surface area contributed by atoms with Gasteiger partial charge in [-0.25, -0.2) is 0 Å². The third-order valence-electron chi connectivity index (χ3n) is 6.64. The Bertz CT molecular complexity index is 346. The molecule has 114 valence electrons. The molecular formula is C18H31NO. The Morgan fingerprint density at radius 1 is 0.850 bits per heavy atom. The minimum atomic E-state index is 0.422. The molecule has 1 heterocycles. The lowest BCUT2D eigenvalue weighted by Gasteiger charge is -2.56. The van der Waals surface area contributed by atoms with Gasteiger partial charge >= 0.3 is 0 Å². The summed E-state index contributed by atoms with van der Waals surface area (Å²) in [5, 5.41) is 0. The molecule has 2 atom stereocenters. The molecule has 2 nitrogen and oxygen atoms in total. The zero-order valence-electron chi connectivity index (χ0n) is 13.6. The number of ether oxygens (including phenoxy) is 1. The summed E-state index contributed by atoms with van der Waals surface area (Å²) in [7, 11) is 0. The first-order valence-electron chi connectivity index (χ1n) is 8.91. The van der Waals surface area contributed by atoms with E-state index in [1.807, 2.05) is 0 Å². The Labute approximate surface area is 124 Å². The summed E-state index contributed by atoms with van der Waals surface area (Å²) in [6, 6.07) is 1.19. The highest BCUT2D eigenvalue weighted by atomic mass is 16.6. The maximum Gasteiger partial charge on any atom is 0.138 e. The minimum Gasteiger partial charge on any atom is -0.352 e. The molecule has 4 aliphatic carbocycles. The smallest absolute Gasteiger partial charge is 0.138 e. The molecule has 5 rings (SSSR count). The highest BCUT2D eigenvalue weighted by Gasteiger charge is 2.63. The van der Waals surface area contributed by atoms with Crippen molar-refractivity contribution in [2.75, 3.05) is 0 Å². The maximum atomic E-state index is 6.31. The summed E-state index contributed by atoms with van der Waals surface area (Å²) in [5.41, 5.74) is 0.571. The molecule has 0 aromatic rings. The second kappa shape index (κ2) is 4.46. The highest BCUT2D eigenvalue weighted by molar-refractivity contribution is 5.10. The largest absolute Gasteiger partial charge is 0.352 e. The predicted molar refractivity (Wildman–Crippen MR) is 81.4 cm³/mol. The number of epoxide rings is 1. The molecule has 0 amide bonds. The Kier molecular flexibility index (Phi) is 3.03. The Morgan fingerprint density at radius 2 is 1.30 bits per heavy atom. The predicted octanol–water partition coefficient (Wildman–Crippen LogP) is 4.05. The molecule has 4 bridgehead atoms. The highest BCUT2D eigenvalue weighted by Crippen LogP contribution is 2.65. The molecule has 0 spiro atoms. The van der Waals surface area contributed by atoms with Crippen molar-refractivity contribution < 1.29 is 4.74 Å². The van der Waals surface area contributed by atoms with Crippen LogP contribution in [0, 0.1) is 23.2 Å². The van der Waals surface area contributed by atoms with Crippen LogP contribution in [-0.2, 0) is 4.74 Å². The van der Waals surface area contributed by atoms with Crippen LogP contribution in [0.3, 0.4) is 0 Å². The van der Waals surface area contributed by atoms with Crippen molar-refractivity contribution in [3.63, 3.8) is 0 Å². The fourth-order valence-corrected chi connectivity index (χ4v) is 6.49. The quantitative estimate of drug-likeness (QED) is 0.721. The molecule has 0 aromatic carbocycles. The first-order chi connectivity index (χ1) is 9.48. The summed E-state index contributed by atoms with van der Waals surface area (Å²) in [5.74, 6) is 3.12. The molecule has 0 radical (unpaired) electrons. The van der Waals surface area contributed by atoms with Crippen molar-refractivity contribution in [3.8, 4) is 0 Å². The molecule has 20 heavy (non-hydrogen) atoms. The second-order valence-corrected chi connectivity index (χ2v) is 8.86. The SMILES string of the molecule is CC(C)N(C(C)C)C1OC1C12CC3CC(CC(C3)C1)C2. The van der Waals surface area contributed by atoms with Crippen LogP contribution in [-0.4, -0.2) is 29.3 Å². The molecular weight excluding hydrogens is 246 g/mol. The number of hydrogen-bond acceptors (Lipinski definition) is 2. The molecule has 4 saturated carbocycles. The van der Waals surface area contributed by atoms with Crippen LogP contribution < -0.4 is 0 Å². The van der Waals surface area contributed by atoms with Crippen molar-refractivity contribution >= 4 is 0 Å². The molecule has 2 unspecified atom stereocenters. The Morgan fingerprint density at radius 3 is 1.70 bits per heavy atom. The Balaban J connectivity index is 1.52. The van der Waals surface area contributed by atoms with E-state index in [-0.39, 0.29) is 0 Å². The molecule has 0 N–H and O–H groups in total. The molecule has 5 fully saturated rings. The molecule has 2 heteroatoms. The van der Waals surface area contributed by atoms with Gasteiger partial charge in [0.25, 0.3) is 0 Å². The van der Waals surface area contributed by atoms with Gasteiger partial charge < -0.3 is 4.74 Å². The van der Waals surface area contributed by atoms with Gasteiger partial charge in [0.05, 0.1) is 0 Å². The van der Waals surface area contributed by atoms with E-state index in [2.05, 4.69) is 32.6 Å². The van der Waals surface area contributed by atoms with Crippen molar-refractivity contribution in [3.05, 3.63) is 0 Å². The topological polar surface area (TPSA) is 15.8 Å². The van der Waals surface area contributed by atoms with Crippen LogP contribution in [0.1, 0.15) is 66.2 Å². The van der Waals surface area contributed by atoms with Crippen LogP contribution in [0.25, 0.3) is 0 Å². The van der Waals surface area contributed by atoms with E-state index < -0.39 is 0 Å². The molecule has 5 aliphatic rings. The van der Waals surface area contributed by atoms with Gasteiger partial charge in [0.15, 0.2) is 0 Å². The summed E-state index contributed by atoms with van der Waals surface area (Å²) < 4.78 is 6.31. The summed E-state index contributed by atoms with van der Waals surface area (Å²) in [6.07, 6.45) is 10.0. The lowest BCUT2D eigenvalue weighted by Crippen LogP contribution is -2.51. The third-order valence-corrected chi connectivity index (χ3v) is 6.64. The minimum absolute atomic E-state index is 0.422. The average molecular weight is 277 g/mol. The molecule has 1 saturated heterocycles. The van der Waals surface area contributed by atoms with Crippen molar-refractivity contribution in [1.29, 1.82) is 0 Å². The third kappa shape index (κ3) is 1.98. The van der Waals surface area contributed by atoms with Gasteiger partial charge in [-0.15, -0.1) is 0 Å². The van der Waals surface area contributed by atoms with Crippen LogP contribution in [0.5, 0.6) is 0 Å². The summed E-state index contributed by atoms with van der Waals surface area (Å²) >= 11 is 0. The van der Waals surface area contributed by atoms with E-state index in [1.165, 1.54) is 38.5 Å². The van der Waals surface area contributed by atoms with E-state index in [0.717, 1.165) is 17.8 Å². The first-order valence-corrected chi connectivity index (χ1v) is 8.91. The van der Waals surface area contributed by atoms with E-state index in [4.69, 9.17) is 4.74 Å². The fraction of sp³-hybridized carbons (Fsp3) is 1.00. The van der Waals surface area contributed by atoms with E-state index in [0.29, 0.717) is 29.8 Å². The molecule has 0 aromatic heterocycles. The van der Waals surface area contributed by atoms with Crippen LogP contribution in [0.15, 0.2) is 0 Å². The van der Waals surface area contributed by atoms with Crippen LogP contribution in [0.4, 0.5) is 0 Å². The number of nitrogens with zero attached hydrogens (tertiary/aromatic N) is 1. The Hall–Kier alpha value is -0.0800. The van der Waals surface area contributed by atoms with Gasteiger partial charge in [-0.05, 0) is 84.0 Å². The lowest BCUT2D eigenvalue weighted by molar-refractivity contribution is -0.0674. The number of hydrogen-bond donors (Lipinski definition) is 0. The van der Waals surface area contributed by atoms with Gasteiger partial charge in [0, 0.05) is 17.5 Å². The summed E-state index contributed by atoms with van der Waals surface area (Å²) in [6.45, 7) is 9.27.